The van der Waals surface area contributed by atoms with Gasteiger partial charge in [0.25, 0.3) is 0 Å². The molecule has 1 aromatic rings. The molecule has 6 heteroatoms. The largest absolute Gasteiger partial charge is 0.332 e. The lowest BCUT2D eigenvalue weighted by atomic mass is 10.0. The third kappa shape index (κ3) is 4.28. The first-order valence-electron chi connectivity index (χ1n) is 8.40. The van der Waals surface area contributed by atoms with E-state index in [4.69, 9.17) is 0 Å². The lowest BCUT2D eigenvalue weighted by Gasteiger charge is -2.25. The number of likely N-dealkylation sites (N-methyl/N-ethyl adjacent to an activating group) is 1. The average Bonchev–Trinajstić information content (AvgIpc) is 3.07. The monoisotopic (exact) mass is 315 g/mol. The maximum Gasteiger partial charge on any atom is 0.317 e. The van der Waals surface area contributed by atoms with Gasteiger partial charge in [-0.15, -0.1) is 0 Å². The third-order valence-corrected chi connectivity index (χ3v) is 4.65. The van der Waals surface area contributed by atoms with E-state index in [9.17, 15) is 4.79 Å². The summed E-state index contributed by atoms with van der Waals surface area (Å²) in [5.74, 6) is 0.824. The fourth-order valence-electron chi connectivity index (χ4n) is 3.23. The topological polar surface area (TPSA) is 61.4 Å². The molecular weight excluding hydrogens is 290 g/mol. The molecule has 0 radical (unpaired) electrons. The molecule has 2 atom stereocenters. The summed E-state index contributed by atoms with van der Waals surface area (Å²) in [6.07, 6.45) is 12.1. The molecule has 3 rings (SSSR count). The van der Waals surface area contributed by atoms with Crippen molar-refractivity contribution in [2.75, 3.05) is 20.1 Å². The molecule has 2 amide bonds. The Bertz CT molecular complexity index is 547. The minimum absolute atomic E-state index is 0.0633. The van der Waals surface area contributed by atoms with Gasteiger partial charge in [-0.2, -0.15) is 0 Å². The number of allylic oxidation sites excluding steroid dienone is 1. The molecule has 0 spiro atoms. The van der Waals surface area contributed by atoms with Gasteiger partial charge in [0.1, 0.15) is 5.82 Å². The highest BCUT2D eigenvalue weighted by atomic mass is 16.2. The summed E-state index contributed by atoms with van der Waals surface area (Å²) in [5.41, 5.74) is 0. The third-order valence-electron chi connectivity index (χ3n) is 4.65. The first-order chi connectivity index (χ1) is 11.2. The van der Waals surface area contributed by atoms with Crippen LogP contribution in [0.3, 0.4) is 0 Å². The van der Waals surface area contributed by atoms with Crippen LogP contribution < -0.4 is 5.32 Å². The molecule has 1 aromatic heterocycles. The zero-order valence-corrected chi connectivity index (χ0v) is 13.7. The second kappa shape index (κ2) is 7.55. The van der Waals surface area contributed by atoms with Gasteiger partial charge in [0.15, 0.2) is 0 Å². The Kier molecular flexibility index (Phi) is 5.23. The lowest BCUT2D eigenvalue weighted by Crippen LogP contribution is -2.45. The fraction of sp³-hybridized carbons (Fsp3) is 0.588. The number of hydrogen-bond donors (Lipinski definition) is 1. The van der Waals surface area contributed by atoms with Crippen molar-refractivity contribution in [3.05, 3.63) is 36.4 Å². The van der Waals surface area contributed by atoms with Crippen LogP contribution >= 0.6 is 0 Å². The summed E-state index contributed by atoms with van der Waals surface area (Å²) >= 11 is 0. The predicted octanol–water partition coefficient (Wildman–Crippen LogP) is 1.80. The Morgan fingerprint density at radius 3 is 2.96 bits per heavy atom. The minimum atomic E-state index is 0.0633. The van der Waals surface area contributed by atoms with Crippen LogP contribution in [0.25, 0.3) is 0 Å². The smallest absolute Gasteiger partial charge is 0.317 e. The molecule has 0 bridgehead atoms. The first-order valence-corrected chi connectivity index (χ1v) is 8.40. The molecule has 1 aliphatic carbocycles. The number of nitrogens with zero attached hydrogens (tertiary/aromatic N) is 4. The summed E-state index contributed by atoms with van der Waals surface area (Å²) in [6.45, 7) is 2.30. The van der Waals surface area contributed by atoms with E-state index in [0.29, 0.717) is 12.6 Å². The second-order valence-electron chi connectivity index (χ2n) is 6.38. The molecule has 6 nitrogen and oxygen atoms in total. The van der Waals surface area contributed by atoms with Gasteiger partial charge in [-0.1, -0.05) is 12.2 Å². The molecule has 124 valence electrons. The highest BCUT2D eigenvalue weighted by Gasteiger charge is 2.29. The Morgan fingerprint density at radius 1 is 1.39 bits per heavy atom. The maximum atomic E-state index is 12.4. The van der Waals surface area contributed by atoms with Crippen molar-refractivity contribution in [3.63, 3.8) is 0 Å². The van der Waals surface area contributed by atoms with Gasteiger partial charge < -0.3 is 10.2 Å². The number of amides is 2. The van der Waals surface area contributed by atoms with Gasteiger partial charge in [-0.25, -0.2) is 14.8 Å². The number of likely N-dealkylation sites (tertiary alicyclic amines) is 1. The number of urea groups is 1. The number of carbonyl (C=O) groups excluding carboxylic acids is 1. The van der Waals surface area contributed by atoms with E-state index in [-0.39, 0.29) is 12.1 Å². The highest BCUT2D eigenvalue weighted by Crippen LogP contribution is 2.17. The van der Waals surface area contributed by atoms with E-state index in [0.717, 1.165) is 44.6 Å². The molecule has 0 saturated carbocycles. The van der Waals surface area contributed by atoms with E-state index >= 15 is 0 Å². The van der Waals surface area contributed by atoms with Crippen LogP contribution in [-0.4, -0.2) is 58.0 Å². The van der Waals surface area contributed by atoms with Crippen LogP contribution in [0.1, 0.15) is 31.5 Å². The molecule has 0 aromatic carbocycles. The van der Waals surface area contributed by atoms with Gasteiger partial charge in [-0.05, 0) is 38.8 Å². The van der Waals surface area contributed by atoms with E-state index in [1.165, 1.54) is 0 Å². The SMILES string of the molecule is CN(Cc1ncccn1)[C@H]1CCN(C(=O)N[C@@H]2C=CCCC2)C1. The number of nitrogens with one attached hydrogen (secondary N) is 1. The van der Waals surface area contributed by atoms with E-state index < -0.39 is 0 Å². The molecule has 1 fully saturated rings. The normalized spacial score (nSPS) is 24.2. The minimum Gasteiger partial charge on any atom is -0.332 e. The fourth-order valence-corrected chi connectivity index (χ4v) is 3.23. The Balaban J connectivity index is 1.48. The molecule has 1 N–H and O–H groups in total. The van der Waals surface area contributed by atoms with Gasteiger partial charge in [0, 0.05) is 37.6 Å². The van der Waals surface area contributed by atoms with Crippen LogP contribution in [0.2, 0.25) is 0 Å². The van der Waals surface area contributed by atoms with E-state index in [1.54, 1.807) is 12.4 Å². The zero-order valence-electron chi connectivity index (χ0n) is 13.7. The summed E-state index contributed by atoms with van der Waals surface area (Å²) in [7, 11) is 2.08. The van der Waals surface area contributed by atoms with Crippen LogP contribution in [0, 0.1) is 0 Å². The summed E-state index contributed by atoms with van der Waals surface area (Å²) in [6, 6.07) is 2.45. The molecule has 2 aliphatic rings. The molecule has 1 aliphatic heterocycles. The van der Waals surface area contributed by atoms with Crippen molar-refractivity contribution in [1.29, 1.82) is 0 Å². The molecular formula is C17H25N5O. The van der Waals surface area contributed by atoms with Crippen LogP contribution in [0.4, 0.5) is 4.79 Å². The Hall–Kier alpha value is -1.95. The van der Waals surface area contributed by atoms with Crippen molar-refractivity contribution in [1.82, 2.24) is 25.1 Å². The van der Waals surface area contributed by atoms with Crippen LogP contribution in [0.15, 0.2) is 30.6 Å². The van der Waals surface area contributed by atoms with Gasteiger partial charge in [0.05, 0.1) is 6.54 Å². The predicted molar refractivity (Wildman–Crippen MR) is 88.8 cm³/mol. The van der Waals surface area contributed by atoms with Crippen molar-refractivity contribution < 1.29 is 4.79 Å². The standard InChI is InChI=1S/C17H25N5O/c1-21(13-16-18-9-5-10-19-16)15-8-11-22(12-15)17(23)20-14-6-3-2-4-7-14/h3,5-6,9-10,14-15H,2,4,7-8,11-13H2,1H3,(H,20,23)/t14-,15+/m1/s1. The number of hydrogen-bond acceptors (Lipinski definition) is 4. The molecule has 23 heavy (non-hydrogen) atoms. The van der Waals surface area contributed by atoms with Gasteiger partial charge in [-0.3, -0.25) is 4.90 Å². The zero-order chi connectivity index (χ0) is 16.1. The van der Waals surface area contributed by atoms with Crippen LogP contribution in [0.5, 0.6) is 0 Å². The summed E-state index contributed by atoms with van der Waals surface area (Å²) in [5, 5.41) is 3.13. The van der Waals surface area contributed by atoms with Crippen molar-refractivity contribution >= 4 is 6.03 Å². The highest BCUT2D eigenvalue weighted by molar-refractivity contribution is 5.75. The van der Waals surface area contributed by atoms with E-state index in [1.807, 2.05) is 11.0 Å². The first kappa shape index (κ1) is 15.9. The van der Waals surface area contributed by atoms with E-state index in [2.05, 4.69) is 39.4 Å². The second-order valence-corrected chi connectivity index (χ2v) is 6.38. The van der Waals surface area contributed by atoms with Gasteiger partial charge >= 0.3 is 6.03 Å². The van der Waals surface area contributed by atoms with Gasteiger partial charge in [0.2, 0.25) is 0 Å². The van der Waals surface area contributed by atoms with Crippen LogP contribution in [-0.2, 0) is 6.54 Å². The average molecular weight is 315 g/mol. The quantitative estimate of drug-likeness (QED) is 0.861. The number of carbonyl (C=O) groups is 1. The molecule has 2 heterocycles. The summed E-state index contributed by atoms with van der Waals surface area (Å²) in [4.78, 5) is 25.1. The van der Waals surface area contributed by atoms with Crippen molar-refractivity contribution in [2.45, 2.75) is 44.3 Å². The van der Waals surface area contributed by atoms with Crippen molar-refractivity contribution in [2.24, 2.45) is 0 Å². The Labute approximate surface area is 137 Å². The molecule has 0 unspecified atom stereocenters. The number of aromatic nitrogens is 2. The lowest BCUT2D eigenvalue weighted by molar-refractivity contribution is 0.193. The maximum absolute atomic E-state index is 12.4. The van der Waals surface area contributed by atoms with Crippen molar-refractivity contribution in [3.8, 4) is 0 Å². The summed E-state index contributed by atoms with van der Waals surface area (Å²) < 4.78 is 0. The molecule has 1 saturated heterocycles. The Morgan fingerprint density at radius 2 is 2.22 bits per heavy atom. The number of rotatable bonds is 4.